The average Bonchev–Trinajstić information content (AvgIpc) is 3.31. The van der Waals surface area contributed by atoms with E-state index in [1.54, 1.807) is 0 Å². The first-order valence-electron chi connectivity index (χ1n) is 8.17. The molecule has 1 heterocycles. The molecule has 1 N–H and O–H groups in total. The van der Waals surface area contributed by atoms with Crippen LogP contribution in [0.4, 0.5) is 0 Å². The van der Waals surface area contributed by atoms with Crippen LogP contribution in [0.5, 0.6) is 0 Å². The molecule has 0 radical (unpaired) electrons. The van der Waals surface area contributed by atoms with Crippen LogP contribution < -0.4 is 5.32 Å². The van der Waals surface area contributed by atoms with Crippen LogP contribution in [0.2, 0.25) is 0 Å². The summed E-state index contributed by atoms with van der Waals surface area (Å²) in [7, 11) is 0. The molecule has 0 spiro atoms. The van der Waals surface area contributed by atoms with Crippen molar-refractivity contribution < 1.29 is 14.3 Å². The Bertz CT molecular complexity index is 458. The van der Waals surface area contributed by atoms with Gasteiger partial charge in [0.1, 0.15) is 11.1 Å². The molecule has 3 aliphatic rings. The number of hydrogen-bond acceptors (Lipinski definition) is 3. The smallest absolute Gasteiger partial charge is 0.249 e. The Morgan fingerprint density at radius 3 is 2.33 bits per heavy atom. The second kappa shape index (κ2) is 4.97. The fourth-order valence-corrected chi connectivity index (χ4v) is 3.65. The van der Waals surface area contributed by atoms with Gasteiger partial charge < -0.3 is 15.0 Å². The summed E-state index contributed by atoms with van der Waals surface area (Å²) in [6.07, 6.45) is 4.12. The molecule has 2 amide bonds. The van der Waals surface area contributed by atoms with E-state index in [2.05, 4.69) is 5.32 Å². The van der Waals surface area contributed by atoms with Gasteiger partial charge >= 0.3 is 0 Å². The first-order valence-corrected chi connectivity index (χ1v) is 8.17. The predicted octanol–water partition coefficient (Wildman–Crippen LogP) is 1.32. The maximum atomic E-state index is 13.1. The lowest BCUT2D eigenvalue weighted by atomic mass is 9.81. The van der Waals surface area contributed by atoms with Crippen LogP contribution in [-0.2, 0) is 14.3 Å². The van der Waals surface area contributed by atoms with E-state index in [1.165, 1.54) is 0 Å². The van der Waals surface area contributed by atoms with Gasteiger partial charge in [0.15, 0.2) is 0 Å². The van der Waals surface area contributed by atoms with Crippen LogP contribution in [0.15, 0.2) is 0 Å². The van der Waals surface area contributed by atoms with E-state index in [-0.39, 0.29) is 11.8 Å². The number of ether oxygens (including phenoxy) is 1. The number of nitrogens with zero attached hydrogens (tertiary/aromatic N) is 1. The molecule has 0 aromatic carbocycles. The van der Waals surface area contributed by atoms with Crippen LogP contribution in [0.25, 0.3) is 0 Å². The number of rotatable bonds is 6. The van der Waals surface area contributed by atoms with Gasteiger partial charge in [-0.1, -0.05) is 0 Å². The van der Waals surface area contributed by atoms with Gasteiger partial charge in [-0.25, -0.2) is 0 Å². The summed E-state index contributed by atoms with van der Waals surface area (Å²) in [6, 6.07) is 0. The summed E-state index contributed by atoms with van der Waals surface area (Å²) in [6.45, 7) is 7.41. The zero-order chi connectivity index (χ0) is 15.3. The van der Waals surface area contributed by atoms with E-state index in [9.17, 15) is 9.59 Å². The molecule has 1 saturated heterocycles. The van der Waals surface area contributed by atoms with Crippen LogP contribution in [0.1, 0.15) is 46.5 Å². The largest absolute Gasteiger partial charge is 0.380 e. The molecule has 5 nitrogen and oxygen atoms in total. The zero-order valence-corrected chi connectivity index (χ0v) is 13.3. The normalized spacial score (nSPS) is 36.8. The minimum Gasteiger partial charge on any atom is -0.380 e. The van der Waals surface area contributed by atoms with Crippen LogP contribution in [-0.4, -0.2) is 47.6 Å². The number of carbonyl (C=O) groups is 2. The van der Waals surface area contributed by atoms with Crippen molar-refractivity contribution in [1.29, 1.82) is 0 Å². The Hall–Kier alpha value is -1.10. The van der Waals surface area contributed by atoms with Crippen molar-refractivity contribution in [1.82, 2.24) is 10.2 Å². The van der Waals surface area contributed by atoms with Crippen molar-refractivity contribution in [2.75, 3.05) is 19.8 Å². The summed E-state index contributed by atoms with van der Waals surface area (Å²) >= 11 is 0. The molecule has 2 saturated carbocycles. The van der Waals surface area contributed by atoms with Crippen LogP contribution >= 0.6 is 0 Å². The van der Waals surface area contributed by atoms with Crippen molar-refractivity contribution in [3.05, 3.63) is 0 Å². The predicted molar refractivity (Wildman–Crippen MR) is 78.6 cm³/mol. The summed E-state index contributed by atoms with van der Waals surface area (Å²) in [5, 5.41) is 3.07. The highest BCUT2D eigenvalue weighted by Gasteiger charge is 2.63. The van der Waals surface area contributed by atoms with E-state index < -0.39 is 11.1 Å². The molecule has 2 unspecified atom stereocenters. The third kappa shape index (κ3) is 2.26. The number of hydrogen-bond donors (Lipinski definition) is 1. The average molecular weight is 294 g/mol. The van der Waals surface area contributed by atoms with E-state index >= 15 is 0 Å². The third-order valence-corrected chi connectivity index (χ3v) is 5.51. The number of carbonyl (C=O) groups excluding carboxylic acids is 2. The molecule has 1 aliphatic heterocycles. The lowest BCUT2D eigenvalue weighted by molar-refractivity contribution is -0.165. The van der Waals surface area contributed by atoms with E-state index in [4.69, 9.17) is 4.74 Å². The molecule has 3 rings (SSSR count). The van der Waals surface area contributed by atoms with Crippen LogP contribution in [0.3, 0.4) is 0 Å². The Morgan fingerprint density at radius 1 is 1.19 bits per heavy atom. The molecule has 3 fully saturated rings. The summed E-state index contributed by atoms with van der Waals surface area (Å²) in [4.78, 5) is 27.7. The standard InChI is InChI=1S/C16H26N2O3/c1-4-21-10-9-18-14(20)15(2,11-5-6-11)17-13(19)16(18,3)12-7-8-12/h11-12H,4-10H2,1-3H3,(H,17,19). The molecule has 0 aromatic heterocycles. The first kappa shape index (κ1) is 14.8. The minimum absolute atomic E-state index is 0.0236. The lowest BCUT2D eigenvalue weighted by Gasteiger charge is -2.50. The molecule has 2 atom stereocenters. The molecule has 0 aromatic rings. The quantitative estimate of drug-likeness (QED) is 0.752. The van der Waals surface area contributed by atoms with Gasteiger partial charge in [-0.2, -0.15) is 0 Å². The Kier molecular flexibility index (Phi) is 3.51. The number of amides is 2. The monoisotopic (exact) mass is 294 g/mol. The molecule has 21 heavy (non-hydrogen) atoms. The highest BCUT2D eigenvalue weighted by Crippen LogP contribution is 2.49. The molecule has 0 bridgehead atoms. The van der Waals surface area contributed by atoms with Gasteiger partial charge in [-0.05, 0) is 58.3 Å². The lowest BCUT2D eigenvalue weighted by Crippen LogP contribution is -2.75. The maximum Gasteiger partial charge on any atom is 0.249 e. The van der Waals surface area contributed by atoms with Crippen LogP contribution in [0, 0.1) is 11.8 Å². The number of piperazine rings is 1. The Morgan fingerprint density at radius 2 is 1.81 bits per heavy atom. The molecular formula is C16H26N2O3. The van der Waals surface area contributed by atoms with E-state index in [0.717, 1.165) is 25.7 Å². The van der Waals surface area contributed by atoms with Gasteiger partial charge in [0.25, 0.3) is 0 Å². The molecule has 5 heteroatoms. The molecule has 118 valence electrons. The maximum absolute atomic E-state index is 13.1. The highest BCUT2D eigenvalue weighted by atomic mass is 16.5. The van der Waals surface area contributed by atoms with E-state index in [1.807, 2.05) is 25.7 Å². The van der Waals surface area contributed by atoms with Gasteiger partial charge in [0, 0.05) is 13.2 Å². The second-order valence-electron chi connectivity index (χ2n) is 7.01. The summed E-state index contributed by atoms with van der Waals surface area (Å²) in [5.74, 6) is 0.702. The summed E-state index contributed by atoms with van der Waals surface area (Å²) < 4.78 is 5.43. The summed E-state index contributed by atoms with van der Waals surface area (Å²) in [5.41, 5.74) is -1.40. The SMILES string of the molecule is CCOCCN1C(=O)C(C)(C2CC2)NC(=O)C1(C)C1CC1. The highest BCUT2D eigenvalue weighted by molar-refractivity contribution is 6.02. The molecular weight excluding hydrogens is 268 g/mol. The third-order valence-electron chi connectivity index (χ3n) is 5.51. The Balaban J connectivity index is 1.87. The topological polar surface area (TPSA) is 58.6 Å². The van der Waals surface area contributed by atoms with Crippen molar-refractivity contribution >= 4 is 11.8 Å². The fraction of sp³-hybridized carbons (Fsp3) is 0.875. The molecule has 2 aliphatic carbocycles. The second-order valence-corrected chi connectivity index (χ2v) is 7.01. The van der Waals surface area contributed by atoms with Crippen molar-refractivity contribution in [3.63, 3.8) is 0 Å². The first-order chi connectivity index (χ1) is 9.94. The van der Waals surface area contributed by atoms with Gasteiger partial charge in [-0.15, -0.1) is 0 Å². The van der Waals surface area contributed by atoms with E-state index in [0.29, 0.717) is 31.6 Å². The van der Waals surface area contributed by atoms with Crippen molar-refractivity contribution in [2.45, 2.75) is 57.5 Å². The van der Waals surface area contributed by atoms with Gasteiger partial charge in [0.05, 0.1) is 6.61 Å². The fourth-order valence-electron chi connectivity index (χ4n) is 3.65. The Labute approximate surface area is 126 Å². The van der Waals surface area contributed by atoms with Crippen molar-refractivity contribution in [2.24, 2.45) is 11.8 Å². The zero-order valence-electron chi connectivity index (χ0n) is 13.3. The van der Waals surface area contributed by atoms with Gasteiger partial charge in [-0.3, -0.25) is 9.59 Å². The van der Waals surface area contributed by atoms with Crippen molar-refractivity contribution in [3.8, 4) is 0 Å². The minimum atomic E-state index is -0.711. The van der Waals surface area contributed by atoms with Gasteiger partial charge in [0.2, 0.25) is 11.8 Å². The number of nitrogens with one attached hydrogen (secondary N) is 1.